The molecule has 0 spiro atoms. The summed E-state index contributed by atoms with van der Waals surface area (Å²) >= 11 is 0. The van der Waals surface area contributed by atoms with Crippen molar-refractivity contribution in [1.29, 1.82) is 0 Å². The molecule has 26 heavy (non-hydrogen) atoms. The molecule has 2 aliphatic rings. The highest BCUT2D eigenvalue weighted by atomic mass is 35.5. The number of carbonyl (C=O) groups is 1. The molecular formula is C20H33Cl2N3O. The molecule has 2 N–H and O–H groups in total. The topological polar surface area (TPSA) is 44.4 Å². The second-order valence-corrected chi connectivity index (χ2v) is 7.83. The Kier molecular flexibility index (Phi) is 8.87. The smallest absolute Gasteiger partial charge is 0.227 e. The predicted octanol–water partition coefficient (Wildman–Crippen LogP) is 3.34. The predicted molar refractivity (Wildman–Crippen MR) is 112 cm³/mol. The second kappa shape index (κ2) is 9.93. The Morgan fingerprint density at radius 1 is 1.27 bits per heavy atom. The average molecular weight is 402 g/mol. The van der Waals surface area contributed by atoms with Crippen LogP contribution >= 0.6 is 24.8 Å². The van der Waals surface area contributed by atoms with Crippen molar-refractivity contribution in [3.63, 3.8) is 0 Å². The zero-order valence-corrected chi connectivity index (χ0v) is 17.7. The van der Waals surface area contributed by atoms with E-state index in [1.807, 2.05) is 0 Å². The molecule has 1 aliphatic heterocycles. The highest BCUT2D eigenvalue weighted by Crippen LogP contribution is 2.43. The van der Waals surface area contributed by atoms with E-state index < -0.39 is 0 Å². The first-order chi connectivity index (χ1) is 11.5. The van der Waals surface area contributed by atoms with E-state index in [4.69, 9.17) is 0 Å². The summed E-state index contributed by atoms with van der Waals surface area (Å²) in [6, 6.07) is 8.84. The maximum Gasteiger partial charge on any atom is 0.227 e. The number of hydrogen-bond donors (Lipinski definition) is 2. The lowest BCUT2D eigenvalue weighted by molar-refractivity contribution is -0.134. The molecule has 1 aromatic carbocycles. The van der Waals surface area contributed by atoms with Crippen LogP contribution in [-0.4, -0.2) is 44.5 Å². The lowest BCUT2D eigenvalue weighted by Gasteiger charge is -2.37. The molecule has 0 radical (unpaired) electrons. The summed E-state index contributed by atoms with van der Waals surface area (Å²) in [5.74, 6) is 0.777. The van der Waals surface area contributed by atoms with E-state index in [2.05, 4.69) is 60.8 Å². The first kappa shape index (κ1) is 23.2. The average Bonchev–Trinajstić information content (AvgIpc) is 3.01. The summed E-state index contributed by atoms with van der Waals surface area (Å²) < 4.78 is 0. The molecule has 2 fully saturated rings. The lowest BCUT2D eigenvalue weighted by atomic mass is 9.67. The number of likely N-dealkylation sites (N-methyl/N-ethyl adjacent to an activating group) is 1. The molecule has 4 nitrogen and oxygen atoms in total. The fourth-order valence-corrected chi connectivity index (χ4v) is 4.44. The molecule has 1 heterocycles. The maximum absolute atomic E-state index is 13.0. The summed E-state index contributed by atoms with van der Waals surface area (Å²) in [6.45, 7) is 4.62. The number of benzene rings is 1. The van der Waals surface area contributed by atoms with E-state index in [0.717, 1.165) is 19.5 Å². The monoisotopic (exact) mass is 401 g/mol. The molecule has 1 aliphatic carbocycles. The molecule has 1 amide bonds. The number of aryl methyl sites for hydroxylation is 1. The van der Waals surface area contributed by atoms with E-state index in [-0.39, 0.29) is 42.2 Å². The minimum Gasteiger partial charge on any atom is -0.354 e. The quantitative estimate of drug-likeness (QED) is 0.794. The molecule has 1 saturated heterocycles. The van der Waals surface area contributed by atoms with Gasteiger partial charge in [-0.15, -0.1) is 24.8 Å². The maximum atomic E-state index is 13.0. The van der Waals surface area contributed by atoms with Gasteiger partial charge in [0.1, 0.15) is 0 Å². The zero-order valence-electron chi connectivity index (χ0n) is 16.1. The van der Waals surface area contributed by atoms with Crippen molar-refractivity contribution < 1.29 is 4.79 Å². The standard InChI is InChI=1S/C20H31N3O.2ClH/c1-15-7-9-16(10-8-15)18(23(2)3)13-22-19(24)20-11-5-4-6-17(20)12-21-14-20;;/h7-10,17-18,21H,4-6,11-14H2,1-3H3,(H,22,24);2*1H/t17-,18?,20+;;/m0../s1. The molecule has 3 atom stereocenters. The number of carbonyl (C=O) groups excluding carboxylic acids is 1. The van der Waals surface area contributed by atoms with Gasteiger partial charge >= 0.3 is 0 Å². The molecule has 3 rings (SSSR count). The van der Waals surface area contributed by atoms with Gasteiger partial charge in [-0.3, -0.25) is 4.79 Å². The van der Waals surface area contributed by atoms with Crippen molar-refractivity contribution >= 4 is 30.7 Å². The summed E-state index contributed by atoms with van der Waals surface area (Å²) in [5, 5.41) is 6.75. The highest BCUT2D eigenvalue weighted by Gasteiger charge is 2.49. The summed E-state index contributed by atoms with van der Waals surface area (Å²) in [6.07, 6.45) is 4.68. The van der Waals surface area contributed by atoms with Crippen LogP contribution in [0.1, 0.15) is 42.9 Å². The second-order valence-electron chi connectivity index (χ2n) is 7.83. The number of fused-ring (bicyclic) bond motifs is 1. The van der Waals surface area contributed by atoms with Gasteiger partial charge in [0.2, 0.25) is 5.91 Å². The van der Waals surface area contributed by atoms with Crippen molar-refractivity contribution in [2.24, 2.45) is 11.3 Å². The Balaban J connectivity index is 0.00000169. The first-order valence-electron chi connectivity index (χ1n) is 9.25. The molecule has 148 valence electrons. The van der Waals surface area contributed by atoms with E-state index in [1.54, 1.807) is 0 Å². The first-order valence-corrected chi connectivity index (χ1v) is 9.25. The minimum absolute atomic E-state index is 0. The summed E-state index contributed by atoms with van der Waals surface area (Å²) in [4.78, 5) is 15.2. The van der Waals surface area contributed by atoms with Crippen molar-refractivity contribution in [3.05, 3.63) is 35.4 Å². The summed E-state index contributed by atoms with van der Waals surface area (Å²) in [7, 11) is 4.16. The highest BCUT2D eigenvalue weighted by molar-refractivity contribution is 5.85. The fourth-order valence-electron chi connectivity index (χ4n) is 4.44. The van der Waals surface area contributed by atoms with Crippen LogP contribution in [0.25, 0.3) is 0 Å². The Bertz CT molecular complexity index is 579. The van der Waals surface area contributed by atoms with Gasteiger partial charge in [-0.2, -0.15) is 0 Å². The van der Waals surface area contributed by atoms with Crippen LogP contribution in [0.15, 0.2) is 24.3 Å². The molecule has 1 saturated carbocycles. The number of rotatable bonds is 5. The summed E-state index contributed by atoms with van der Waals surface area (Å²) in [5.41, 5.74) is 2.36. The van der Waals surface area contributed by atoms with Crippen molar-refractivity contribution in [3.8, 4) is 0 Å². The molecule has 1 aromatic rings. The van der Waals surface area contributed by atoms with Crippen LogP contribution in [0, 0.1) is 18.3 Å². The number of hydrogen-bond acceptors (Lipinski definition) is 3. The van der Waals surface area contributed by atoms with Crippen LogP contribution in [0.2, 0.25) is 0 Å². The Labute approximate surface area is 170 Å². The fraction of sp³-hybridized carbons (Fsp3) is 0.650. The van der Waals surface area contributed by atoms with E-state index in [9.17, 15) is 4.79 Å². The van der Waals surface area contributed by atoms with Crippen molar-refractivity contribution in [1.82, 2.24) is 15.5 Å². The molecule has 0 bridgehead atoms. The Hall–Kier alpha value is -0.810. The van der Waals surface area contributed by atoms with Gasteiger partial charge in [-0.1, -0.05) is 42.7 Å². The van der Waals surface area contributed by atoms with Crippen LogP contribution in [-0.2, 0) is 4.79 Å². The van der Waals surface area contributed by atoms with Gasteiger partial charge < -0.3 is 15.5 Å². The largest absolute Gasteiger partial charge is 0.354 e. The van der Waals surface area contributed by atoms with Gasteiger partial charge in [-0.05, 0) is 51.9 Å². The normalized spacial score (nSPS) is 25.6. The van der Waals surface area contributed by atoms with Crippen molar-refractivity contribution in [2.45, 2.75) is 38.6 Å². The molecule has 0 aromatic heterocycles. The number of nitrogens with zero attached hydrogens (tertiary/aromatic N) is 1. The number of amides is 1. The molecular weight excluding hydrogens is 369 g/mol. The molecule has 1 unspecified atom stereocenters. The van der Waals surface area contributed by atoms with Crippen LogP contribution in [0.4, 0.5) is 0 Å². The third-order valence-corrected chi connectivity index (χ3v) is 6.03. The lowest BCUT2D eigenvalue weighted by Crippen LogP contribution is -2.49. The van der Waals surface area contributed by atoms with Gasteiger partial charge in [0.15, 0.2) is 0 Å². The van der Waals surface area contributed by atoms with Crippen LogP contribution < -0.4 is 10.6 Å². The Morgan fingerprint density at radius 3 is 2.62 bits per heavy atom. The van der Waals surface area contributed by atoms with E-state index >= 15 is 0 Å². The van der Waals surface area contributed by atoms with E-state index in [0.29, 0.717) is 12.5 Å². The van der Waals surface area contributed by atoms with Gasteiger partial charge in [0, 0.05) is 13.1 Å². The van der Waals surface area contributed by atoms with Crippen molar-refractivity contribution in [2.75, 3.05) is 33.7 Å². The van der Waals surface area contributed by atoms with Crippen LogP contribution in [0.3, 0.4) is 0 Å². The van der Waals surface area contributed by atoms with E-state index in [1.165, 1.54) is 30.4 Å². The van der Waals surface area contributed by atoms with Gasteiger partial charge in [0.05, 0.1) is 11.5 Å². The third kappa shape index (κ3) is 4.72. The zero-order chi connectivity index (χ0) is 17.2. The molecule has 6 heteroatoms. The van der Waals surface area contributed by atoms with Gasteiger partial charge in [-0.25, -0.2) is 0 Å². The third-order valence-electron chi connectivity index (χ3n) is 6.03. The SMILES string of the molecule is Cc1ccc(C(CNC(=O)[C@@]23CCCC[C@H]2CNC3)N(C)C)cc1.Cl.Cl. The van der Waals surface area contributed by atoms with Crippen LogP contribution in [0.5, 0.6) is 0 Å². The number of nitrogens with one attached hydrogen (secondary N) is 2. The number of halogens is 2. The van der Waals surface area contributed by atoms with Gasteiger partial charge in [0.25, 0.3) is 0 Å². The minimum atomic E-state index is -0.164. The Morgan fingerprint density at radius 2 is 1.96 bits per heavy atom.